The summed E-state index contributed by atoms with van der Waals surface area (Å²) < 4.78 is 6.25. The fourth-order valence-electron chi connectivity index (χ4n) is 3.37. The Morgan fingerprint density at radius 3 is 2.27 bits per heavy atom. The molecule has 182 valence electrons. The molecule has 0 amide bonds. The molecule has 0 heterocycles. The summed E-state index contributed by atoms with van der Waals surface area (Å²) >= 11 is 17.5. The van der Waals surface area contributed by atoms with Gasteiger partial charge in [0.25, 0.3) is 0 Å². The summed E-state index contributed by atoms with van der Waals surface area (Å²) in [5.41, 5.74) is 3.64. The van der Waals surface area contributed by atoms with Gasteiger partial charge in [0.05, 0.1) is 17.3 Å². The topological polar surface area (TPSA) is 33.3 Å². The van der Waals surface area contributed by atoms with E-state index in [1.165, 1.54) is 11.1 Å². The largest absolute Gasteiger partial charge is 0.493 e. The molecular formula is C27H38Cl2N2OS. The lowest BCUT2D eigenvalue weighted by Gasteiger charge is -2.30. The molecule has 2 aromatic rings. The SMILES string of the molecule is CCC(C)(C)c1ccc(OCCCCNC(=S)Nc2ccc(Cl)cc2Cl)c(C(C)(C)CC)c1. The average Bonchev–Trinajstić information content (AvgIpc) is 2.78. The molecule has 0 saturated heterocycles. The highest BCUT2D eigenvalue weighted by atomic mass is 35.5. The van der Waals surface area contributed by atoms with Gasteiger partial charge < -0.3 is 15.4 Å². The normalized spacial score (nSPS) is 11.9. The molecule has 0 radical (unpaired) electrons. The molecule has 0 unspecified atom stereocenters. The molecule has 0 aliphatic heterocycles. The quantitative estimate of drug-likeness (QED) is 0.235. The van der Waals surface area contributed by atoms with Crippen LogP contribution in [0, 0.1) is 0 Å². The molecule has 0 atom stereocenters. The maximum Gasteiger partial charge on any atom is 0.170 e. The van der Waals surface area contributed by atoms with E-state index in [1.807, 2.05) is 6.07 Å². The molecule has 0 spiro atoms. The van der Waals surface area contributed by atoms with Gasteiger partial charge in [-0.25, -0.2) is 0 Å². The Bertz CT molecular complexity index is 944. The van der Waals surface area contributed by atoms with Crippen molar-refractivity contribution in [3.63, 3.8) is 0 Å². The van der Waals surface area contributed by atoms with E-state index >= 15 is 0 Å². The van der Waals surface area contributed by atoms with Crippen LogP contribution in [0.3, 0.4) is 0 Å². The van der Waals surface area contributed by atoms with Crippen LogP contribution in [0.15, 0.2) is 36.4 Å². The molecule has 0 aliphatic carbocycles. The summed E-state index contributed by atoms with van der Waals surface area (Å²) in [4.78, 5) is 0. The van der Waals surface area contributed by atoms with E-state index < -0.39 is 0 Å². The summed E-state index contributed by atoms with van der Waals surface area (Å²) in [5, 5.41) is 8.01. The van der Waals surface area contributed by atoms with Crippen LogP contribution in [-0.4, -0.2) is 18.3 Å². The van der Waals surface area contributed by atoms with Crippen LogP contribution in [0.2, 0.25) is 10.0 Å². The van der Waals surface area contributed by atoms with Crippen molar-refractivity contribution in [2.24, 2.45) is 0 Å². The van der Waals surface area contributed by atoms with Crippen LogP contribution in [0.5, 0.6) is 5.75 Å². The second kappa shape index (κ2) is 12.3. The third kappa shape index (κ3) is 8.05. The molecule has 0 aliphatic rings. The van der Waals surface area contributed by atoms with Gasteiger partial charge in [-0.2, -0.15) is 0 Å². The molecule has 0 aromatic heterocycles. The summed E-state index contributed by atoms with van der Waals surface area (Å²) in [7, 11) is 0. The lowest BCUT2D eigenvalue weighted by molar-refractivity contribution is 0.296. The number of hydrogen-bond acceptors (Lipinski definition) is 2. The lowest BCUT2D eigenvalue weighted by atomic mass is 9.76. The summed E-state index contributed by atoms with van der Waals surface area (Å²) in [5.74, 6) is 1.00. The van der Waals surface area contributed by atoms with Gasteiger partial charge in [0, 0.05) is 17.1 Å². The highest BCUT2D eigenvalue weighted by Gasteiger charge is 2.26. The molecule has 0 fully saturated rings. The van der Waals surface area contributed by atoms with Gasteiger partial charge in [-0.15, -0.1) is 0 Å². The minimum Gasteiger partial charge on any atom is -0.493 e. The maximum atomic E-state index is 6.25. The van der Waals surface area contributed by atoms with Crippen LogP contribution >= 0.6 is 35.4 Å². The molecule has 2 aromatic carbocycles. The molecule has 0 saturated carbocycles. The monoisotopic (exact) mass is 508 g/mol. The van der Waals surface area contributed by atoms with Gasteiger partial charge in [-0.3, -0.25) is 0 Å². The lowest BCUT2D eigenvalue weighted by Crippen LogP contribution is -2.29. The first-order valence-corrected chi connectivity index (χ1v) is 12.9. The molecule has 6 heteroatoms. The number of rotatable bonds is 11. The number of ether oxygens (including phenoxy) is 1. The standard InChI is InChI=1S/C27H38Cl2N2OS/c1-7-26(3,4)19-11-14-24(21(17-19)27(5,6)8-2)32-16-10-9-15-30-25(33)31-23-13-12-20(28)18-22(23)29/h11-14,17-18H,7-10,15-16H2,1-6H3,(H2,30,31,33). The average molecular weight is 510 g/mol. The van der Waals surface area contributed by atoms with E-state index in [9.17, 15) is 0 Å². The Hall–Kier alpha value is -1.49. The summed E-state index contributed by atoms with van der Waals surface area (Å²) in [6.07, 6.45) is 4.05. The number of benzene rings is 2. The number of halogens is 2. The molecule has 2 N–H and O–H groups in total. The van der Waals surface area contributed by atoms with Gasteiger partial charge in [0.1, 0.15) is 5.75 Å². The molecule has 2 rings (SSSR count). The summed E-state index contributed by atoms with van der Waals surface area (Å²) in [6, 6.07) is 12.0. The zero-order chi connectivity index (χ0) is 24.6. The minimum atomic E-state index is 0.0670. The van der Waals surface area contributed by atoms with E-state index in [2.05, 4.69) is 70.4 Å². The van der Waals surface area contributed by atoms with Crippen molar-refractivity contribution in [1.82, 2.24) is 5.32 Å². The number of hydrogen-bond donors (Lipinski definition) is 2. The van der Waals surface area contributed by atoms with E-state index in [4.69, 9.17) is 40.2 Å². The highest BCUT2D eigenvalue weighted by molar-refractivity contribution is 7.80. The number of thiocarbonyl (C=S) groups is 1. The molecular weight excluding hydrogens is 471 g/mol. The zero-order valence-electron chi connectivity index (χ0n) is 20.8. The summed E-state index contributed by atoms with van der Waals surface area (Å²) in [6.45, 7) is 15.1. The maximum absolute atomic E-state index is 6.25. The van der Waals surface area contributed by atoms with Gasteiger partial charge in [0.15, 0.2) is 5.11 Å². The van der Waals surface area contributed by atoms with Gasteiger partial charge in [0.2, 0.25) is 0 Å². The van der Waals surface area contributed by atoms with Crippen molar-refractivity contribution < 1.29 is 4.74 Å². The number of nitrogens with one attached hydrogen (secondary N) is 2. The Morgan fingerprint density at radius 1 is 0.939 bits per heavy atom. The first-order valence-electron chi connectivity index (χ1n) is 11.8. The number of anilines is 1. The van der Waals surface area contributed by atoms with E-state index in [0.29, 0.717) is 21.8 Å². The van der Waals surface area contributed by atoms with Crippen molar-refractivity contribution in [3.05, 3.63) is 57.6 Å². The predicted molar refractivity (Wildman–Crippen MR) is 148 cm³/mol. The fraction of sp³-hybridized carbons (Fsp3) is 0.519. The van der Waals surface area contributed by atoms with Crippen LogP contribution < -0.4 is 15.4 Å². The Morgan fingerprint density at radius 2 is 1.64 bits per heavy atom. The van der Waals surface area contributed by atoms with Crippen molar-refractivity contribution in [2.75, 3.05) is 18.5 Å². The Balaban J connectivity index is 1.86. The van der Waals surface area contributed by atoms with Crippen LogP contribution in [0.1, 0.15) is 78.4 Å². The van der Waals surface area contributed by atoms with Gasteiger partial charge in [-0.05, 0) is 78.6 Å². The molecule has 33 heavy (non-hydrogen) atoms. The third-order valence-electron chi connectivity index (χ3n) is 6.55. The smallest absolute Gasteiger partial charge is 0.170 e. The predicted octanol–water partition coefficient (Wildman–Crippen LogP) is 8.51. The molecule has 0 bridgehead atoms. The fourth-order valence-corrected chi connectivity index (χ4v) is 4.04. The van der Waals surface area contributed by atoms with Crippen LogP contribution in [0.25, 0.3) is 0 Å². The molecule has 3 nitrogen and oxygen atoms in total. The Labute approximate surface area is 215 Å². The van der Waals surface area contributed by atoms with Crippen LogP contribution in [-0.2, 0) is 10.8 Å². The highest BCUT2D eigenvalue weighted by Crippen LogP contribution is 2.38. The zero-order valence-corrected chi connectivity index (χ0v) is 23.1. The van der Waals surface area contributed by atoms with E-state index in [1.54, 1.807) is 12.1 Å². The van der Waals surface area contributed by atoms with Crippen molar-refractivity contribution in [2.45, 2.75) is 78.1 Å². The first kappa shape index (κ1) is 27.8. The Kier molecular flexibility index (Phi) is 10.3. The van der Waals surface area contributed by atoms with Crippen molar-refractivity contribution in [1.29, 1.82) is 0 Å². The first-order chi connectivity index (χ1) is 15.5. The second-order valence-corrected chi connectivity index (χ2v) is 11.0. The van der Waals surface area contributed by atoms with Crippen molar-refractivity contribution in [3.8, 4) is 5.75 Å². The van der Waals surface area contributed by atoms with Crippen molar-refractivity contribution >= 4 is 46.2 Å². The second-order valence-electron chi connectivity index (χ2n) is 9.75. The van der Waals surface area contributed by atoms with E-state index in [0.717, 1.165) is 43.7 Å². The van der Waals surface area contributed by atoms with Gasteiger partial charge >= 0.3 is 0 Å². The van der Waals surface area contributed by atoms with E-state index in [-0.39, 0.29) is 10.8 Å². The third-order valence-corrected chi connectivity index (χ3v) is 7.35. The van der Waals surface area contributed by atoms with Gasteiger partial charge in [-0.1, -0.05) is 76.9 Å². The number of unbranched alkanes of at least 4 members (excludes halogenated alkanes) is 1. The van der Waals surface area contributed by atoms with Crippen LogP contribution in [0.4, 0.5) is 5.69 Å². The minimum absolute atomic E-state index is 0.0670.